The fourth-order valence-corrected chi connectivity index (χ4v) is 3.32. The Balaban J connectivity index is 1.44. The van der Waals surface area contributed by atoms with Crippen LogP contribution in [0.4, 0.5) is 4.39 Å². The molecule has 0 aliphatic carbocycles. The van der Waals surface area contributed by atoms with Gasteiger partial charge in [-0.25, -0.2) is 9.07 Å². The van der Waals surface area contributed by atoms with Crippen molar-refractivity contribution in [3.63, 3.8) is 0 Å². The van der Waals surface area contributed by atoms with Gasteiger partial charge in [-0.2, -0.15) is 0 Å². The monoisotopic (exact) mass is 375 g/mol. The molecule has 2 heterocycles. The molecule has 0 unspecified atom stereocenters. The summed E-state index contributed by atoms with van der Waals surface area (Å²) in [5.74, 6) is -0.0000865. The number of methoxy groups -OCH3 is 1. The number of hydrogen-bond donors (Lipinski definition) is 1. The SMILES string of the molecule is COc1ccc(CN2CCC(NCc3cn(C(C)(C)C)nn3)CC2)cc1F. The highest BCUT2D eigenvalue weighted by atomic mass is 19.1. The van der Waals surface area contributed by atoms with Crippen molar-refractivity contribution in [1.29, 1.82) is 0 Å². The number of hydrogen-bond acceptors (Lipinski definition) is 5. The van der Waals surface area contributed by atoms with Crippen molar-refractivity contribution >= 4 is 0 Å². The number of halogens is 1. The minimum absolute atomic E-state index is 0.0441. The lowest BCUT2D eigenvalue weighted by molar-refractivity contribution is 0.189. The van der Waals surface area contributed by atoms with Gasteiger partial charge in [0.05, 0.1) is 24.5 Å². The third-order valence-corrected chi connectivity index (χ3v) is 5.01. The molecule has 27 heavy (non-hydrogen) atoms. The Hall–Kier alpha value is -1.99. The summed E-state index contributed by atoms with van der Waals surface area (Å²) >= 11 is 0. The van der Waals surface area contributed by atoms with Gasteiger partial charge in [0.1, 0.15) is 0 Å². The van der Waals surface area contributed by atoms with E-state index in [1.807, 2.05) is 16.9 Å². The molecule has 0 bridgehead atoms. The number of nitrogens with zero attached hydrogens (tertiary/aromatic N) is 4. The van der Waals surface area contributed by atoms with E-state index in [-0.39, 0.29) is 11.4 Å². The first-order valence-electron chi connectivity index (χ1n) is 9.55. The second-order valence-electron chi connectivity index (χ2n) is 8.23. The summed E-state index contributed by atoms with van der Waals surface area (Å²) in [7, 11) is 1.49. The Morgan fingerprint density at radius 3 is 2.59 bits per heavy atom. The summed E-state index contributed by atoms with van der Waals surface area (Å²) in [6, 6.07) is 5.68. The highest BCUT2D eigenvalue weighted by Crippen LogP contribution is 2.20. The Morgan fingerprint density at radius 2 is 2.00 bits per heavy atom. The molecule has 7 heteroatoms. The summed E-state index contributed by atoms with van der Waals surface area (Å²) in [5, 5.41) is 12.1. The van der Waals surface area contributed by atoms with E-state index in [9.17, 15) is 4.39 Å². The predicted octanol–water partition coefficient (Wildman–Crippen LogP) is 2.94. The highest BCUT2D eigenvalue weighted by molar-refractivity contribution is 5.29. The van der Waals surface area contributed by atoms with Crippen molar-refractivity contribution in [2.45, 2.75) is 58.3 Å². The molecule has 0 atom stereocenters. The van der Waals surface area contributed by atoms with E-state index in [4.69, 9.17) is 4.74 Å². The van der Waals surface area contributed by atoms with E-state index in [1.54, 1.807) is 12.1 Å². The first-order valence-corrected chi connectivity index (χ1v) is 9.55. The van der Waals surface area contributed by atoms with Crippen molar-refractivity contribution in [3.05, 3.63) is 41.5 Å². The van der Waals surface area contributed by atoms with E-state index < -0.39 is 0 Å². The number of ether oxygens (including phenoxy) is 1. The van der Waals surface area contributed by atoms with Gasteiger partial charge in [-0.3, -0.25) is 4.90 Å². The van der Waals surface area contributed by atoms with Gasteiger partial charge >= 0.3 is 0 Å². The Morgan fingerprint density at radius 1 is 1.26 bits per heavy atom. The topological polar surface area (TPSA) is 55.2 Å². The molecule has 0 spiro atoms. The Labute approximate surface area is 160 Å². The molecule has 1 N–H and O–H groups in total. The number of benzene rings is 1. The standard InChI is InChI=1S/C20H30FN5O/c1-20(2,3)26-14-17(23-24-26)12-22-16-7-9-25(10-8-16)13-15-5-6-19(27-4)18(21)11-15/h5-6,11,14,16,22H,7-10,12-13H2,1-4H3. The molecule has 0 amide bonds. The third kappa shape index (κ3) is 5.26. The second kappa shape index (κ2) is 8.35. The van der Waals surface area contributed by atoms with Crippen LogP contribution in [0.3, 0.4) is 0 Å². The van der Waals surface area contributed by atoms with Gasteiger partial charge in [0.25, 0.3) is 0 Å². The maximum absolute atomic E-state index is 13.8. The maximum atomic E-state index is 13.8. The zero-order chi connectivity index (χ0) is 19.4. The predicted molar refractivity (Wildman–Crippen MR) is 103 cm³/mol. The summed E-state index contributed by atoms with van der Waals surface area (Å²) in [6.45, 7) is 9.86. The summed E-state index contributed by atoms with van der Waals surface area (Å²) < 4.78 is 20.7. The molecule has 148 valence electrons. The number of aromatic nitrogens is 3. The number of rotatable bonds is 6. The van der Waals surface area contributed by atoms with Gasteiger partial charge in [-0.1, -0.05) is 11.3 Å². The van der Waals surface area contributed by atoms with E-state index in [2.05, 4.69) is 41.3 Å². The minimum atomic E-state index is -0.296. The summed E-state index contributed by atoms with van der Waals surface area (Å²) in [4.78, 5) is 2.37. The molecule has 1 saturated heterocycles. The second-order valence-corrected chi connectivity index (χ2v) is 8.23. The molecule has 0 saturated carbocycles. The van der Waals surface area contributed by atoms with E-state index in [1.165, 1.54) is 7.11 Å². The third-order valence-electron chi connectivity index (χ3n) is 5.01. The van der Waals surface area contributed by atoms with E-state index in [0.717, 1.165) is 50.3 Å². The molecule has 1 aliphatic heterocycles. The molecule has 0 radical (unpaired) electrons. The smallest absolute Gasteiger partial charge is 0.165 e. The van der Waals surface area contributed by atoms with Gasteiger partial charge in [0.2, 0.25) is 0 Å². The zero-order valence-electron chi connectivity index (χ0n) is 16.7. The van der Waals surface area contributed by atoms with Gasteiger partial charge < -0.3 is 10.1 Å². The zero-order valence-corrected chi connectivity index (χ0v) is 16.7. The maximum Gasteiger partial charge on any atom is 0.165 e. The first kappa shape index (κ1) is 19.8. The lowest BCUT2D eigenvalue weighted by atomic mass is 10.0. The molecule has 1 aromatic heterocycles. The minimum Gasteiger partial charge on any atom is -0.494 e. The average Bonchev–Trinajstić information content (AvgIpc) is 3.11. The van der Waals surface area contributed by atoms with Crippen LogP contribution < -0.4 is 10.1 Å². The van der Waals surface area contributed by atoms with Crippen LogP contribution >= 0.6 is 0 Å². The normalized spacial score (nSPS) is 16.6. The number of piperidine rings is 1. The van der Waals surface area contributed by atoms with Crippen LogP contribution in [0.2, 0.25) is 0 Å². The summed E-state index contributed by atoms with van der Waals surface area (Å²) in [6.07, 6.45) is 4.17. The van der Waals surface area contributed by atoms with Crippen LogP contribution in [0.15, 0.2) is 24.4 Å². The summed E-state index contributed by atoms with van der Waals surface area (Å²) in [5.41, 5.74) is 1.91. The van der Waals surface area contributed by atoms with Gasteiger partial charge in [-0.05, 0) is 64.4 Å². The lowest BCUT2D eigenvalue weighted by Gasteiger charge is -2.32. The van der Waals surface area contributed by atoms with Crippen molar-refractivity contribution in [2.24, 2.45) is 0 Å². The fraction of sp³-hybridized carbons (Fsp3) is 0.600. The van der Waals surface area contributed by atoms with Crippen molar-refractivity contribution in [3.8, 4) is 5.75 Å². The van der Waals surface area contributed by atoms with Crippen LogP contribution in [-0.2, 0) is 18.6 Å². The van der Waals surface area contributed by atoms with Crippen LogP contribution in [0.25, 0.3) is 0 Å². The Kier molecular flexibility index (Phi) is 6.11. The van der Waals surface area contributed by atoms with Crippen LogP contribution in [-0.4, -0.2) is 46.1 Å². The lowest BCUT2D eigenvalue weighted by Crippen LogP contribution is -2.41. The quantitative estimate of drug-likeness (QED) is 0.841. The fourth-order valence-electron chi connectivity index (χ4n) is 3.32. The van der Waals surface area contributed by atoms with Gasteiger partial charge in [0.15, 0.2) is 11.6 Å². The number of nitrogens with one attached hydrogen (secondary N) is 1. The molecule has 6 nitrogen and oxygen atoms in total. The van der Waals surface area contributed by atoms with E-state index >= 15 is 0 Å². The molecule has 1 aliphatic rings. The van der Waals surface area contributed by atoms with Crippen LogP contribution in [0.1, 0.15) is 44.9 Å². The highest BCUT2D eigenvalue weighted by Gasteiger charge is 2.20. The van der Waals surface area contributed by atoms with Crippen molar-refractivity contribution < 1.29 is 9.13 Å². The van der Waals surface area contributed by atoms with Crippen molar-refractivity contribution in [2.75, 3.05) is 20.2 Å². The molecule has 1 fully saturated rings. The number of likely N-dealkylation sites (tertiary alicyclic amines) is 1. The average molecular weight is 375 g/mol. The van der Waals surface area contributed by atoms with Crippen molar-refractivity contribution in [1.82, 2.24) is 25.2 Å². The molecule has 3 rings (SSSR count). The van der Waals surface area contributed by atoms with Gasteiger partial charge in [-0.15, -0.1) is 5.10 Å². The molecular formula is C20H30FN5O. The largest absolute Gasteiger partial charge is 0.494 e. The first-order chi connectivity index (χ1) is 12.8. The molecular weight excluding hydrogens is 345 g/mol. The van der Waals surface area contributed by atoms with Gasteiger partial charge in [0, 0.05) is 19.1 Å². The van der Waals surface area contributed by atoms with E-state index in [0.29, 0.717) is 11.8 Å². The molecule has 2 aromatic rings. The van der Waals surface area contributed by atoms with Crippen LogP contribution in [0, 0.1) is 5.82 Å². The van der Waals surface area contributed by atoms with Crippen LogP contribution in [0.5, 0.6) is 5.75 Å². The Bertz CT molecular complexity index is 747. The molecule has 1 aromatic carbocycles.